The van der Waals surface area contributed by atoms with Crippen LogP contribution in [0.5, 0.6) is 0 Å². The molecule has 0 spiro atoms. The summed E-state index contributed by atoms with van der Waals surface area (Å²) in [5.41, 5.74) is 8.38. The predicted octanol–water partition coefficient (Wildman–Crippen LogP) is 4.28. The Kier molecular flexibility index (Phi) is 6.95. The summed E-state index contributed by atoms with van der Waals surface area (Å²) in [5, 5.41) is 8.61. The fraction of sp³-hybridized carbons (Fsp3) is 0.545. The van der Waals surface area contributed by atoms with Crippen LogP contribution in [0.15, 0.2) is 34.5 Å². The largest absolute Gasteiger partial charge is 0.271 e. The van der Waals surface area contributed by atoms with E-state index in [1.165, 1.54) is 12.8 Å². The summed E-state index contributed by atoms with van der Waals surface area (Å²) in [5.74, 6) is 0.337. The van der Waals surface area contributed by atoms with Crippen molar-refractivity contribution in [2.24, 2.45) is 22.0 Å². The van der Waals surface area contributed by atoms with Gasteiger partial charge in [-0.05, 0) is 74.6 Å². The van der Waals surface area contributed by atoms with Crippen molar-refractivity contribution in [1.82, 2.24) is 10.9 Å². The van der Waals surface area contributed by atoms with E-state index in [-0.39, 0.29) is 11.8 Å². The zero-order valence-corrected chi connectivity index (χ0v) is 16.8. The maximum Gasteiger partial charge on any atom is 0.271 e. The number of nitrogens with zero attached hydrogens (tertiary/aromatic N) is 2. The summed E-state index contributed by atoms with van der Waals surface area (Å²) in [4.78, 5) is 24.6. The lowest BCUT2D eigenvalue weighted by molar-refractivity contribution is 0.0942. The van der Waals surface area contributed by atoms with E-state index >= 15 is 0 Å². The fourth-order valence-corrected chi connectivity index (χ4v) is 3.82. The van der Waals surface area contributed by atoms with Crippen LogP contribution in [0.4, 0.5) is 0 Å². The van der Waals surface area contributed by atoms with Crippen LogP contribution < -0.4 is 10.9 Å². The second-order valence-electron chi connectivity index (χ2n) is 7.96. The number of hydrazone groups is 2. The molecule has 0 aliphatic heterocycles. The number of hydrogen-bond acceptors (Lipinski definition) is 4. The minimum absolute atomic E-state index is 0.256. The molecular weight excluding hydrogens is 352 g/mol. The van der Waals surface area contributed by atoms with Crippen molar-refractivity contribution in [3.8, 4) is 0 Å². The summed E-state index contributed by atoms with van der Waals surface area (Å²) in [7, 11) is 0. The molecule has 28 heavy (non-hydrogen) atoms. The highest BCUT2D eigenvalue weighted by Crippen LogP contribution is 2.21. The van der Waals surface area contributed by atoms with Gasteiger partial charge in [0.05, 0.1) is 0 Å². The van der Waals surface area contributed by atoms with Gasteiger partial charge in [0.25, 0.3) is 11.8 Å². The molecule has 0 saturated heterocycles. The van der Waals surface area contributed by atoms with Gasteiger partial charge in [0.1, 0.15) is 0 Å². The molecule has 0 bridgehead atoms. The fourth-order valence-electron chi connectivity index (χ4n) is 3.82. The Labute approximate surface area is 166 Å². The normalized spacial score (nSPS) is 25.5. The summed E-state index contributed by atoms with van der Waals surface area (Å²) >= 11 is 0. The minimum atomic E-state index is -0.256. The van der Waals surface area contributed by atoms with Crippen LogP contribution in [0.3, 0.4) is 0 Å². The van der Waals surface area contributed by atoms with Gasteiger partial charge in [-0.15, -0.1) is 0 Å². The van der Waals surface area contributed by atoms with Gasteiger partial charge in [0.2, 0.25) is 0 Å². The van der Waals surface area contributed by atoms with E-state index in [4.69, 9.17) is 0 Å². The van der Waals surface area contributed by atoms with Crippen LogP contribution >= 0.6 is 0 Å². The first-order chi connectivity index (χ1) is 13.5. The SMILES string of the molecule is CC1CCCC/C1=N/NC(=O)c1ccc(C(=O)N/N=C2\CCCCC2C)cc1. The molecule has 1 aromatic carbocycles. The van der Waals surface area contributed by atoms with Crippen LogP contribution in [0.25, 0.3) is 0 Å². The van der Waals surface area contributed by atoms with Gasteiger partial charge in [0.15, 0.2) is 0 Å². The van der Waals surface area contributed by atoms with Gasteiger partial charge >= 0.3 is 0 Å². The van der Waals surface area contributed by atoms with Crippen LogP contribution in [0.1, 0.15) is 85.9 Å². The van der Waals surface area contributed by atoms with Crippen molar-refractivity contribution in [1.29, 1.82) is 0 Å². The lowest BCUT2D eigenvalue weighted by Gasteiger charge is -2.19. The molecule has 2 aliphatic carbocycles. The minimum Gasteiger partial charge on any atom is -0.267 e. The lowest BCUT2D eigenvalue weighted by atomic mass is 9.89. The molecular formula is C22H30N4O2. The van der Waals surface area contributed by atoms with Crippen LogP contribution in [-0.4, -0.2) is 23.2 Å². The first kappa shape index (κ1) is 20.2. The molecule has 0 aromatic heterocycles. The Hall–Kier alpha value is -2.50. The molecule has 2 aliphatic rings. The summed E-state index contributed by atoms with van der Waals surface area (Å²) in [6, 6.07) is 6.58. The van der Waals surface area contributed by atoms with Gasteiger partial charge in [0, 0.05) is 22.6 Å². The summed E-state index contributed by atoms with van der Waals surface area (Å²) < 4.78 is 0. The molecule has 6 heteroatoms. The van der Waals surface area contributed by atoms with Crippen molar-refractivity contribution in [3.05, 3.63) is 35.4 Å². The van der Waals surface area contributed by atoms with Gasteiger partial charge in [-0.1, -0.05) is 26.7 Å². The van der Waals surface area contributed by atoms with Gasteiger partial charge in [-0.25, -0.2) is 10.9 Å². The summed E-state index contributed by atoms with van der Waals surface area (Å²) in [6.45, 7) is 4.30. The average molecular weight is 383 g/mol. The third kappa shape index (κ3) is 5.27. The maximum absolute atomic E-state index is 12.3. The van der Waals surface area contributed by atoms with Crippen molar-refractivity contribution >= 4 is 23.2 Å². The van der Waals surface area contributed by atoms with Gasteiger partial charge < -0.3 is 0 Å². The van der Waals surface area contributed by atoms with Gasteiger partial charge in [-0.3, -0.25) is 9.59 Å². The molecule has 2 unspecified atom stereocenters. The smallest absolute Gasteiger partial charge is 0.267 e. The molecule has 150 valence electrons. The highest BCUT2D eigenvalue weighted by Gasteiger charge is 2.17. The number of hydrogen-bond donors (Lipinski definition) is 2. The first-order valence-corrected chi connectivity index (χ1v) is 10.4. The number of nitrogens with one attached hydrogen (secondary N) is 2. The quantitative estimate of drug-likeness (QED) is 0.762. The zero-order valence-electron chi connectivity index (χ0n) is 16.8. The maximum atomic E-state index is 12.3. The Bertz CT molecular complexity index is 702. The van der Waals surface area contributed by atoms with E-state index < -0.39 is 0 Å². The van der Waals surface area contributed by atoms with Crippen molar-refractivity contribution in [2.45, 2.75) is 65.2 Å². The highest BCUT2D eigenvalue weighted by molar-refractivity contribution is 5.99. The first-order valence-electron chi connectivity index (χ1n) is 10.4. The topological polar surface area (TPSA) is 82.9 Å². The standard InChI is InChI=1S/C22H30N4O2/c1-15-7-3-5-9-19(15)23-25-21(27)17-11-13-18(14-12-17)22(28)26-24-20-10-6-4-8-16(20)2/h11-16H,3-10H2,1-2H3,(H,25,27)(H,26,28)/b23-19-,24-20+. The van der Waals surface area contributed by atoms with E-state index in [1.807, 2.05) is 0 Å². The average Bonchev–Trinajstić information content (AvgIpc) is 2.72. The third-order valence-electron chi connectivity index (χ3n) is 5.79. The highest BCUT2D eigenvalue weighted by atomic mass is 16.2. The Morgan fingerprint density at radius 1 is 0.750 bits per heavy atom. The molecule has 2 amide bonds. The third-order valence-corrected chi connectivity index (χ3v) is 5.79. The molecule has 1 aromatic rings. The molecule has 6 nitrogen and oxygen atoms in total. The monoisotopic (exact) mass is 382 g/mol. The number of rotatable bonds is 4. The van der Waals surface area contributed by atoms with Crippen molar-refractivity contribution < 1.29 is 9.59 Å². The van der Waals surface area contributed by atoms with Crippen LogP contribution in [-0.2, 0) is 0 Å². The predicted molar refractivity (Wildman–Crippen MR) is 112 cm³/mol. The Morgan fingerprint density at radius 2 is 1.14 bits per heavy atom. The number of carbonyl (C=O) groups excluding carboxylic acids is 2. The Morgan fingerprint density at radius 3 is 1.50 bits per heavy atom. The number of benzene rings is 1. The molecule has 2 N–H and O–H groups in total. The second kappa shape index (κ2) is 9.62. The molecule has 3 rings (SSSR count). The second-order valence-corrected chi connectivity index (χ2v) is 7.96. The van der Waals surface area contributed by atoms with E-state index in [2.05, 4.69) is 34.9 Å². The molecule has 2 saturated carbocycles. The number of amides is 2. The Balaban J connectivity index is 1.56. The van der Waals surface area contributed by atoms with E-state index in [9.17, 15) is 9.59 Å². The molecule has 2 atom stereocenters. The van der Waals surface area contributed by atoms with Crippen molar-refractivity contribution in [3.63, 3.8) is 0 Å². The van der Waals surface area contributed by atoms with E-state index in [0.717, 1.165) is 49.9 Å². The molecule has 2 fully saturated rings. The molecule has 0 heterocycles. The van der Waals surface area contributed by atoms with Crippen LogP contribution in [0, 0.1) is 11.8 Å². The van der Waals surface area contributed by atoms with Crippen LogP contribution in [0.2, 0.25) is 0 Å². The number of carbonyl (C=O) groups is 2. The van der Waals surface area contributed by atoms with E-state index in [1.54, 1.807) is 24.3 Å². The zero-order chi connectivity index (χ0) is 19.9. The van der Waals surface area contributed by atoms with E-state index in [0.29, 0.717) is 23.0 Å². The summed E-state index contributed by atoms with van der Waals surface area (Å²) in [6.07, 6.45) is 8.86. The lowest BCUT2D eigenvalue weighted by Crippen LogP contribution is -2.25. The molecule has 0 radical (unpaired) electrons. The van der Waals surface area contributed by atoms with Crippen molar-refractivity contribution in [2.75, 3.05) is 0 Å². The van der Waals surface area contributed by atoms with Gasteiger partial charge in [-0.2, -0.15) is 10.2 Å².